The van der Waals surface area contributed by atoms with Gasteiger partial charge in [-0.1, -0.05) is 60.7 Å². The van der Waals surface area contributed by atoms with E-state index in [4.69, 9.17) is 0 Å². The minimum absolute atomic E-state index is 0.343. The van der Waals surface area contributed by atoms with Crippen molar-refractivity contribution < 1.29 is 8.78 Å². The SMILES string of the molecule is FC(F)=Cc1ccc(N=C(c2ccccc2)c2ccccc2)nc1. The van der Waals surface area contributed by atoms with E-state index in [1.807, 2.05) is 60.7 Å². The van der Waals surface area contributed by atoms with Gasteiger partial charge < -0.3 is 0 Å². The van der Waals surface area contributed by atoms with E-state index in [9.17, 15) is 8.78 Å². The molecule has 118 valence electrons. The second-order valence-corrected chi connectivity index (χ2v) is 5.08. The molecule has 0 aliphatic rings. The van der Waals surface area contributed by atoms with Crippen LogP contribution in [0.1, 0.15) is 16.7 Å². The highest BCUT2D eigenvalue weighted by atomic mass is 19.3. The van der Waals surface area contributed by atoms with Gasteiger partial charge in [-0.05, 0) is 17.7 Å². The number of halogens is 2. The summed E-state index contributed by atoms with van der Waals surface area (Å²) in [4.78, 5) is 8.77. The zero-order valence-electron chi connectivity index (χ0n) is 12.7. The molecule has 2 aromatic carbocycles. The molecule has 0 bridgehead atoms. The summed E-state index contributed by atoms with van der Waals surface area (Å²) in [6, 6.07) is 22.7. The number of rotatable bonds is 4. The third-order valence-electron chi connectivity index (χ3n) is 3.37. The molecule has 3 rings (SSSR count). The number of nitrogens with zero attached hydrogens (tertiary/aromatic N) is 2. The van der Waals surface area contributed by atoms with Crippen molar-refractivity contribution in [2.75, 3.05) is 0 Å². The van der Waals surface area contributed by atoms with E-state index in [2.05, 4.69) is 9.98 Å². The minimum Gasteiger partial charge on any atom is -0.237 e. The number of hydrogen-bond donors (Lipinski definition) is 0. The van der Waals surface area contributed by atoms with Crippen molar-refractivity contribution in [3.8, 4) is 0 Å². The lowest BCUT2D eigenvalue weighted by Crippen LogP contribution is -2.02. The monoisotopic (exact) mass is 320 g/mol. The van der Waals surface area contributed by atoms with E-state index in [-0.39, 0.29) is 0 Å². The smallest absolute Gasteiger partial charge is 0.237 e. The summed E-state index contributed by atoms with van der Waals surface area (Å²) in [7, 11) is 0. The standard InChI is InChI=1S/C20H14F2N2/c21-18(22)13-15-11-12-19(23-14-15)24-20(16-7-3-1-4-8-16)17-9-5-2-6-10-17/h1-14H. The first-order valence-corrected chi connectivity index (χ1v) is 7.41. The zero-order chi connectivity index (χ0) is 16.8. The maximum Gasteiger partial charge on any atom is 0.270 e. The Balaban J connectivity index is 2.03. The van der Waals surface area contributed by atoms with Gasteiger partial charge in [-0.15, -0.1) is 0 Å². The molecular formula is C20H14F2N2. The Labute approximate surface area is 138 Å². The number of hydrogen-bond acceptors (Lipinski definition) is 2. The minimum atomic E-state index is -1.75. The van der Waals surface area contributed by atoms with Crippen LogP contribution in [0.5, 0.6) is 0 Å². The highest BCUT2D eigenvalue weighted by Crippen LogP contribution is 2.18. The summed E-state index contributed by atoms with van der Waals surface area (Å²) in [6.45, 7) is 0. The molecule has 0 unspecified atom stereocenters. The van der Waals surface area contributed by atoms with Gasteiger partial charge in [0.15, 0.2) is 5.82 Å². The molecule has 1 heterocycles. The summed E-state index contributed by atoms with van der Waals surface area (Å²) < 4.78 is 24.6. The Morgan fingerprint density at radius 2 is 1.38 bits per heavy atom. The molecule has 0 spiro atoms. The molecule has 0 radical (unpaired) electrons. The second-order valence-electron chi connectivity index (χ2n) is 5.08. The molecule has 3 aromatic rings. The lowest BCUT2D eigenvalue weighted by molar-refractivity contribution is 0.429. The van der Waals surface area contributed by atoms with E-state index >= 15 is 0 Å². The van der Waals surface area contributed by atoms with Gasteiger partial charge >= 0.3 is 0 Å². The van der Waals surface area contributed by atoms with Crippen LogP contribution >= 0.6 is 0 Å². The summed E-state index contributed by atoms with van der Waals surface area (Å²) in [5, 5.41) is 0. The molecule has 0 atom stereocenters. The Kier molecular flexibility index (Phi) is 4.87. The number of aromatic nitrogens is 1. The highest BCUT2D eigenvalue weighted by molar-refractivity contribution is 6.13. The third-order valence-corrected chi connectivity index (χ3v) is 3.37. The van der Waals surface area contributed by atoms with Gasteiger partial charge in [0.05, 0.1) is 5.71 Å². The van der Waals surface area contributed by atoms with Gasteiger partial charge in [-0.2, -0.15) is 8.78 Å². The molecule has 0 N–H and O–H groups in total. The van der Waals surface area contributed by atoms with E-state index in [0.29, 0.717) is 11.4 Å². The molecule has 0 aliphatic carbocycles. The molecule has 0 fully saturated rings. The van der Waals surface area contributed by atoms with Crippen molar-refractivity contribution in [2.45, 2.75) is 0 Å². The average Bonchev–Trinajstić information content (AvgIpc) is 2.62. The first-order valence-electron chi connectivity index (χ1n) is 7.41. The summed E-state index contributed by atoms with van der Waals surface area (Å²) in [5.74, 6) is 0.467. The number of aliphatic imine (C=N–C) groups is 1. The highest BCUT2D eigenvalue weighted by Gasteiger charge is 2.07. The number of pyridine rings is 1. The normalized spacial score (nSPS) is 10.1. The lowest BCUT2D eigenvalue weighted by atomic mass is 10.0. The Hall–Kier alpha value is -3.14. The summed E-state index contributed by atoms with van der Waals surface area (Å²) >= 11 is 0. The van der Waals surface area contributed by atoms with Gasteiger partial charge in [0.25, 0.3) is 6.08 Å². The Morgan fingerprint density at radius 1 is 0.792 bits per heavy atom. The molecule has 0 amide bonds. The second kappa shape index (κ2) is 7.42. The van der Waals surface area contributed by atoms with Gasteiger partial charge in [0.1, 0.15) is 0 Å². The molecule has 1 aromatic heterocycles. The fourth-order valence-electron chi connectivity index (χ4n) is 2.28. The van der Waals surface area contributed by atoms with Crippen molar-refractivity contribution in [1.82, 2.24) is 4.98 Å². The van der Waals surface area contributed by atoms with Crippen LogP contribution < -0.4 is 0 Å². The maximum absolute atomic E-state index is 12.3. The lowest BCUT2D eigenvalue weighted by Gasteiger charge is -2.07. The van der Waals surface area contributed by atoms with Crippen molar-refractivity contribution >= 4 is 17.6 Å². The Morgan fingerprint density at radius 3 is 1.83 bits per heavy atom. The van der Waals surface area contributed by atoms with Crippen molar-refractivity contribution in [3.63, 3.8) is 0 Å². The average molecular weight is 320 g/mol. The molecule has 24 heavy (non-hydrogen) atoms. The molecule has 4 heteroatoms. The van der Waals surface area contributed by atoms with Crippen LogP contribution in [-0.2, 0) is 0 Å². The molecule has 0 aliphatic heterocycles. The van der Waals surface area contributed by atoms with Crippen LogP contribution in [0.15, 0.2) is 90.1 Å². The topological polar surface area (TPSA) is 25.2 Å². The van der Waals surface area contributed by atoms with Crippen LogP contribution in [0, 0.1) is 0 Å². The van der Waals surface area contributed by atoms with Gasteiger partial charge in [-0.25, -0.2) is 9.98 Å². The summed E-state index contributed by atoms with van der Waals surface area (Å²) in [5.41, 5.74) is 3.05. The predicted octanol–water partition coefficient (Wildman–Crippen LogP) is 5.49. The Bertz CT molecular complexity index is 810. The van der Waals surface area contributed by atoms with Gasteiger partial charge in [-0.3, -0.25) is 0 Å². The fraction of sp³-hybridized carbons (Fsp3) is 0. The van der Waals surface area contributed by atoms with E-state index < -0.39 is 6.08 Å². The first-order chi connectivity index (χ1) is 11.7. The zero-order valence-corrected chi connectivity index (χ0v) is 12.7. The van der Waals surface area contributed by atoms with E-state index in [1.165, 1.54) is 6.20 Å². The quantitative estimate of drug-likeness (QED) is 0.584. The van der Waals surface area contributed by atoms with Crippen LogP contribution in [0.3, 0.4) is 0 Å². The van der Waals surface area contributed by atoms with Crippen molar-refractivity contribution in [2.24, 2.45) is 4.99 Å². The molecule has 2 nitrogen and oxygen atoms in total. The van der Waals surface area contributed by atoms with Crippen LogP contribution in [-0.4, -0.2) is 10.7 Å². The van der Waals surface area contributed by atoms with Crippen molar-refractivity contribution in [3.05, 3.63) is 102 Å². The van der Waals surface area contributed by atoms with Crippen LogP contribution in [0.4, 0.5) is 14.6 Å². The fourth-order valence-corrected chi connectivity index (χ4v) is 2.28. The first kappa shape index (κ1) is 15.7. The molecule has 0 saturated heterocycles. The van der Waals surface area contributed by atoms with E-state index in [1.54, 1.807) is 12.1 Å². The summed E-state index contributed by atoms with van der Waals surface area (Å²) in [6.07, 6.45) is 0.406. The van der Waals surface area contributed by atoms with Gasteiger partial charge in [0, 0.05) is 23.4 Å². The van der Waals surface area contributed by atoms with Crippen molar-refractivity contribution in [1.29, 1.82) is 0 Å². The van der Waals surface area contributed by atoms with E-state index in [0.717, 1.165) is 22.9 Å². The van der Waals surface area contributed by atoms with Gasteiger partial charge in [0.2, 0.25) is 0 Å². The maximum atomic E-state index is 12.3. The molecular weight excluding hydrogens is 306 g/mol. The van der Waals surface area contributed by atoms with Crippen LogP contribution in [0.2, 0.25) is 0 Å². The number of benzene rings is 2. The van der Waals surface area contributed by atoms with Crippen LogP contribution in [0.25, 0.3) is 6.08 Å². The predicted molar refractivity (Wildman–Crippen MR) is 92.6 cm³/mol. The largest absolute Gasteiger partial charge is 0.270 e. The third kappa shape index (κ3) is 3.98. The molecule has 0 saturated carbocycles.